The van der Waals surface area contributed by atoms with Crippen LogP contribution in [-0.4, -0.2) is 23.2 Å². The summed E-state index contributed by atoms with van der Waals surface area (Å²) >= 11 is 0. The summed E-state index contributed by atoms with van der Waals surface area (Å²) in [6, 6.07) is 0. The molecule has 1 aliphatic carbocycles. The summed E-state index contributed by atoms with van der Waals surface area (Å²) in [6.45, 7) is 0.912. The van der Waals surface area contributed by atoms with Crippen LogP contribution in [0.2, 0.25) is 0 Å². The summed E-state index contributed by atoms with van der Waals surface area (Å²) < 4.78 is 0. The minimum absolute atomic E-state index is 0.581. The summed E-state index contributed by atoms with van der Waals surface area (Å²) in [5, 5.41) is 8.73. The van der Waals surface area contributed by atoms with E-state index in [1.807, 2.05) is 0 Å². The van der Waals surface area contributed by atoms with E-state index >= 15 is 0 Å². The molecule has 3 rings (SSSR count). The van der Waals surface area contributed by atoms with Crippen LogP contribution in [0.3, 0.4) is 0 Å². The maximum Gasteiger partial charge on any atom is 0.325 e. The highest BCUT2D eigenvalue weighted by atomic mass is 16.4. The average molecular weight is 142 g/mol. The molecule has 0 aromatic heterocycles. The number of carboxylic acid groups (broad SMARTS) is 1. The molecular weight excluding hydrogens is 132 g/mol. The van der Waals surface area contributed by atoms with Gasteiger partial charge in [0.25, 0.3) is 0 Å². The lowest BCUT2D eigenvalue weighted by Gasteiger charge is -2.49. The molecule has 2 bridgehead atoms. The first-order chi connectivity index (χ1) is 4.73. The van der Waals surface area contributed by atoms with Crippen LogP contribution in [0.5, 0.6) is 0 Å². The molecule has 3 aliphatic rings. The maximum absolute atomic E-state index is 10.6. The van der Waals surface area contributed by atoms with Crippen molar-refractivity contribution in [2.45, 2.75) is 18.4 Å². The number of aliphatic carboxylic acids is 1. The second kappa shape index (κ2) is 1.71. The highest BCUT2D eigenvalue weighted by molar-refractivity contribution is 5.80. The summed E-state index contributed by atoms with van der Waals surface area (Å²) in [5.74, 6) is -0.145. The lowest BCUT2D eigenvalue weighted by atomic mass is 9.67. The fourth-order valence-corrected chi connectivity index (χ4v) is 1.76. The number of fused-ring (bicyclic) bond motifs is 2. The third-order valence-electron chi connectivity index (χ3n) is 2.40. The molecule has 3 N–H and O–H groups in total. The van der Waals surface area contributed by atoms with Gasteiger partial charge in [0.05, 0.1) is 0 Å². The summed E-state index contributed by atoms with van der Waals surface area (Å²) in [4.78, 5) is 10.6. The summed E-state index contributed by atoms with van der Waals surface area (Å²) in [6.07, 6.45) is 1.57. The molecule has 0 radical (unpaired) electrons. The number of carboxylic acids is 1. The van der Waals surface area contributed by atoms with Crippen LogP contribution in [-0.2, 0) is 4.79 Å². The van der Waals surface area contributed by atoms with E-state index in [1.165, 1.54) is 0 Å². The van der Waals surface area contributed by atoms with Crippen molar-refractivity contribution in [2.24, 2.45) is 5.92 Å². The zero-order chi connectivity index (χ0) is 7.19. The molecule has 3 fully saturated rings. The van der Waals surface area contributed by atoms with E-state index in [0.29, 0.717) is 5.92 Å². The number of hydrogen-bond donors (Lipinski definition) is 3. The second-order valence-corrected chi connectivity index (χ2v) is 3.17. The van der Waals surface area contributed by atoms with Crippen molar-refractivity contribution in [1.29, 1.82) is 0 Å². The van der Waals surface area contributed by atoms with Gasteiger partial charge in [-0.05, 0) is 18.8 Å². The van der Waals surface area contributed by atoms with Gasteiger partial charge in [-0.2, -0.15) is 0 Å². The predicted octanol–water partition coefficient (Wildman–Crippen LogP) is -0.672. The predicted molar refractivity (Wildman–Crippen MR) is 34.2 cm³/mol. The van der Waals surface area contributed by atoms with Gasteiger partial charge >= 0.3 is 5.97 Å². The highest BCUT2D eigenvalue weighted by Crippen LogP contribution is 2.39. The number of hydrogen-bond acceptors (Lipinski definition) is 3. The molecule has 2 aliphatic heterocycles. The van der Waals surface area contributed by atoms with Gasteiger partial charge in [-0.1, -0.05) is 0 Å². The van der Waals surface area contributed by atoms with Crippen LogP contribution in [0, 0.1) is 5.92 Å². The van der Waals surface area contributed by atoms with Crippen LogP contribution >= 0.6 is 0 Å². The van der Waals surface area contributed by atoms with Crippen LogP contribution in [0.4, 0.5) is 0 Å². The minimum atomic E-state index is -0.726. The molecule has 4 heteroatoms. The SMILES string of the molecule is O=C(O)C12CC(CNN1)C2. The Morgan fingerprint density at radius 1 is 1.60 bits per heavy atom. The molecule has 0 unspecified atom stereocenters. The molecule has 0 amide bonds. The van der Waals surface area contributed by atoms with Gasteiger partial charge in [0.2, 0.25) is 0 Å². The van der Waals surface area contributed by atoms with Crippen LogP contribution in [0.1, 0.15) is 12.8 Å². The molecule has 0 atom stereocenters. The zero-order valence-electron chi connectivity index (χ0n) is 5.55. The van der Waals surface area contributed by atoms with Crippen LogP contribution in [0.25, 0.3) is 0 Å². The second-order valence-electron chi connectivity index (χ2n) is 3.17. The monoisotopic (exact) mass is 142 g/mol. The first kappa shape index (κ1) is 6.12. The van der Waals surface area contributed by atoms with E-state index in [-0.39, 0.29) is 0 Å². The van der Waals surface area contributed by atoms with Gasteiger partial charge in [-0.25, -0.2) is 5.43 Å². The normalized spacial score (nSPS) is 44.2. The summed E-state index contributed by atoms with van der Waals surface area (Å²) in [7, 11) is 0. The smallest absolute Gasteiger partial charge is 0.325 e. The summed E-state index contributed by atoms with van der Waals surface area (Å²) in [5.41, 5.74) is 5.06. The van der Waals surface area contributed by atoms with Gasteiger partial charge in [0.1, 0.15) is 5.54 Å². The molecule has 0 aromatic carbocycles. The molecule has 1 saturated carbocycles. The van der Waals surface area contributed by atoms with Crippen LogP contribution < -0.4 is 10.9 Å². The number of hydrazine groups is 1. The van der Waals surface area contributed by atoms with E-state index in [4.69, 9.17) is 5.11 Å². The third kappa shape index (κ3) is 0.602. The van der Waals surface area contributed by atoms with Crippen molar-refractivity contribution in [3.63, 3.8) is 0 Å². The first-order valence-electron chi connectivity index (χ1n) is 3.46. The zero-order valence-corrected chi connectivity index (χ0v) is 5.55. The molecule has 2 heterocycles. The molecular formula is C6H10N2O2. The van der Waals surface area contributed by atoms with Crippen LogP contribution in [0.15, 0.2) is 0 Å². The Labute approximate surface area is 58.6 Å². The Bertz CT molecular complexity index is 169. The number of carbonyl (C=O) groups is 1. The Morgan fingerprint density at radius 2 is 2.30 bits per heavy atom. The quantitative estimate of drug-likeness (QED) is 0.454. The Morgan fingerprint density at radius 3 is 2.60 bits per heavy atom. The van der Waals surface area contributed by atoms with Crippen molar-refractivity contribution < 1.29 is 9.90 Å². The van der Waals surface area contributed by atoms with Gasteiger partial charge in [-0.15, -0.1) is 0 Å². The van der Waals surface area contributed by atoms with Crippen molar-refractivity contribution >= 4 is 5.97 Å². The van der Waals surface area contributed by atoms with Crippen molar-refractivity contribution in [2.75, 3.05) is 6.54 Å². The molecule has 4 nitrogen and oxygen atoms in total. The van der Waals surface area contributed by atoms with Gasteiger partial charge in [-0.3, -0.25) is 10.2 Å². The van der Waals surface area contributed by atoms with Gasteiger partial charge < -0.3 is 5.11 Å². The molecule has 2 saturated heterocycles. The topological polar surface area (TPSA) is 61.4 Å². The van der Waals surface area contributed by atoms with Crippen molar-refractivity contribution in [1.82, 2.24) is 10.9 Å². The molecule has 56 valence electrons. The Kier molecular flexibility index (Phi) is 1.04. The molecule has 10 heavy (non-hydrogen) atoms. The number of nitrogens with one attached hydrogen (secondary N) is 2. The van der Waals surface area contributed by atoms with Crippen molar-refractivity contribution in [3.05, 3.63) is 0 Å². The van der Waals surface area contributed by atoms with Gasteiger partial charge in [0.15, 0.2) is 0 Å². The fourth-order valence-electron chi connectivity index (χ4n) is 1.76. The maximum atomic E-state index is 10.6. The Balaban J connectivity index is 2.12. The fraction of sp³-hybridized carbons (Fsp3) is 0.833. The highest BCUT2D eigenvalue weighted by Gasteiger charge is 2.52. The lowest BCUT2D eigenvalue weighted by molar-refractivity contribution is -0.155. The standard InChI is InChI=1S/C6H10N2O2/c9-5(10)6-1-4(2-6)3-7-8-6/h4,7-8H,1-3H2,(H,9,10). The lowest BCUT2D eigenvalue weighted by Crippen LogP contribution is -2.71. The average Bonchev–Trinajstić information content (AvgIpc) is 1.87. The molecule has 0 aromatic rings. The van der Waals surface area contributed by atoms with E-state index in [2.05, 4.69) is 10.9 Å². The van der Waals surface area contributed by atoms with Gasteiger partial charge in [0, 0.05) is 6.54 Å². The molecule has 0 spiro atoms. The minimum Gasteiger partial charge on any atom is -0.480 e. The van der Waals surface area contributed by atoms with E-state index < -0.39 is 11.5 Å². The third-order valence-corrected chi connectivity index (χ3v) is 2.40. The first-order valence-corrected chi connectivity index (χ1v) is 3.46. The Hall–Kier alpha value is -0.610. The van der Waals surface area contributed by atoms with E-state index in [1.54, 1.807) is 0 Å². The van der Waals surface area contributed by atoms with E-state index in [9.17, 15) is 4.79 Å². The van der Waals surface area contributed by atoms with E-state index in [0.717, 1.165) is 19.4 Å². The largest absolute Gasteiger partial charge is 0.480 e. The van der Waals surface area contributed by atoms with Crippen molar-refractivity contribution in [3.8, 4) is 0 Å². The number of rotatable bonds is 1.